The number of hydrogen-bond donors (Lipinski definition) is 2. The van der Waals surface area contributed by atoms with Crippen LogP contribution in [-0.4, -0.2) is 41.1 Å². The van der Waals surface area contributed by atoms with Crippen molar-refractivity contribution in [3.05, 3.63) is 42.5 Å². The maximum absolute atomic E-state index is 12.8. The van der Waals surface area contributed by atoms with Crippen LogP contribution in [0.25, 0.3) is 10.8 Å². The number of nitrogens with one attached hydrogen (secondary N) is 1. The van der Waals surface area contributed by atoms with Crippen molar-refractivity contribution in [2.45, 2.75) is 57.1 Å². The number of carbonyl (C=O) groups excluding carboxylic acids is 1. The molecule has 4 nitrogen and oxygen atoms in total. The van der Waals surface area contributed by atoms with Crippen LogP contribution in [0.5, 0.6) is 0 Å². The molecule has 0 bridgehead atoms. The first kappa shape index (κ1) is 18.5. The van der Waals surface area contributed by atoms with E-state index in [0.717, 1.165) is 55.1 Å². The van der Waals surface area contributed by atoms with Crippen molar-refractivity contribution in [1.29, 1.82) is 0 Å². The topological polar surface area (TPSA) is 52.6 Å². The smallest absolute Gasteiger partial charge is 0.238 e. The van der Waals surface area contributed by atoms with Crippen LogP contribution in [0.4, 0.5) is 5.69 Å². The molecule has 0 unspecified atom stereocenters. The summed E-state index contributed by atoms with van der Waals surface area (Å²) in [7, 11) is 0. The first-order chi connectivity index (χ1) is 13.2. The largest absolute Gasteiger partial charge is 0.393 e. The van der Waals surface area contributed by atoms with Crippen molar-refractivity contribution in [3.8, 4) is 0 Å². The third-order valence-electron chi connectivity index (χ3n) is 6.35. The van der Waals surface area contributed by atoms with Gasteiger partial charge in [0.2, 0.25) is 5.91 Å². The average Bonchev–Trinajstić information content (AvgIpc) is 2.69. The average molecular weight is 367 g/mol. The lowest BCUT2D eigenvalue weighted by Gasteiger charge is -2.43. The van der Waals surface area contributed by atoms with Crippen molar-refractivity contribution < 1.29 is 9.90 Å². The van der Waals surface area contributed by atoms with E-state index < -0.39 is 0 Å². The second-order valence-corrected chi connectivity index (χ2v) is 8.12. The molecule has 2 fully saturated rings. The molecular weight excluding hydrogens is 336 g/mol. The molecule has 1 aliphatic heterocycles. The van der Waals surface area contributed by atoms with Crippen molar-refractivity contribution in [3.63, 3.8) is 0 Å². The van der Waals surface area contributed by atoms with E-state index in [2.05, 4.69) is 22.3 Å². The van der Waals surface area contributed by atoms with Gasteiger partial charge in [0.15, 0.2) is 0 Å². The number of fused-ring (bicyclic) bond motifs is 1. The van der Waals surface area contributed by atoms with Gasteiger partial charge in [0.25, 0.3) is 0 Å². The van der Waals surface area contributed by atoms with Crippen LogP contribution in [0.15, 0.2) is 42.5 Å². The zero-order chi connectivity index (χ0) is 18.6. The van der Waals surface area contributed by atoms with Crippen molar-refractivity contribution in [2.75, 3.05) is 18.4 Å². The molecule has 2 aromatic rings. The molecule has 1 amide bonds. The Bertz CT molecular complexity index is 786. The Morgan fingerprint density at radius 3 is 2.67 bits per heavy atom. The number of nitrogens with zero attached hydrogens (tertiary/aromatic N) is 1. The highest BCUT2D eigenvalue weighted by atomic mass is 16.3. The van der Waals surface area contributed by atoms with Crippen molar-refractivity contribution >= 4 is 22.4 Å². The Morgan fingerprint density at radius 1 is 1.00 bits per heavy atom. The fourth-order valence-electron chi connectivity index (χ4n) is 5.00. The Hall–Kier alpha value is -1.91. The van der Waals surface area contributed by atoms with Gasteiger partial charge in [0.05, 0.1) is 12.6 Å². The molecule has 2 aliphatic rings. The molecule has 1 saturated heterocycles. The van der Waals surface area contributed by atoms with E-state index >= 15 is 0 Å². The molecular formula is C23H30N2O2. The number of benzene rings is 2. The van der Waals surface area contributed by atoms with Crippen LogP contribution in [0.2, 0.25) is 0 Å². The molecule has 1 saturated carbocycles. The molecule has 0 spiro atoms. The molecule has 0 aromatic heterocycles. The molecule has 4 rings (SSSR count). The maximum Gasteiger partial charge on any atom is 0.238 e. The highest BCUT2D eigenvalue weighted by Gasteiger charge is 2.36. The van der Waals surface area contributed by atoms with Crippen LogP contribution < -0.4 is 5.32 Å². The fourth-order valence-corrected chi connectivity index (χ4v) is 5.00. The standard InChI is InChI=1S/C23H30N2O2/c26-22-14-4-3-11-19(22)21-13-5-6-15-25(21)16-23(27)24-20-12-7-9-17-8-1-2-10-18(17)20/h1-2,7-10,12,19,21-22,26H,3-6,11,13-16H2,(H,24,27)/t19-,21-,22-/m1/s1. The van der Waals surface area contributed by atoms with E-state index in [0.29, 0.717) is 18.5 Å². The normalized spacial score (nSPS) is 26.8. The number of carbonyl (C=O) groups is 1. The zero-order valence-electron chi connectivity index (χ0n) is 15.9. The van der Waals surface area contributed by atoms with Gasteiger partial charge in [-0.25, -0.2) is 0 Å². The second kappa shape index (κ2) is 8.41. The monoisotopic (exact) mass is 366 g/mol. The van der Waals surface area contributed by atoms with E-state index in [1.54, 1.807) is 0 Å². The summed E-state index contributed by atoms with van der Waals surface area (Å²) in [6.07, 6.45) is 7.58. The molecule has 27 heavy (non-hydrogen) atoms. The van der Waals surface area contributed by atoms with Gasteiger partial charge in [0.1, 0.15) is 0 Å². The third kappa shape index (κ3) is 4.17. The number of hydrogen-bond acceptors (Lipinski definition) is 3. The van der Waals surface area contributed by atoms with Crippen LogP contribution >= 0.6 is 0 Å². The summed E-state index contributed by atoms with van der Waals surface area (Å²) in [4.78, 5) is 15.1. The molecule has 1 heterocycles. The van der Waals surface area contributed by atoms with Gasteiger partial charge in [0, 0.05) is 23.0 Å². The summed E-state index contributed by atoms with van der Waals surface area (Å²) in [5, 5.41) is 15.8. The minimum Gasteiger partial charge on any atom is -0.393 e. The first-order valence-electron chi connectivity index (χ1n) is 10.4. The number of anilines is 1. The van der Waals surface area contributed by atoms with Gasteiger partial charge in [-0.1, -0.05) is 55.7 Å². The van der Waals surface area contributed by atoms with E-state index in [4.69, 9.17) is 0 Å². The Labute approximate surface area is 161 Å². The minimum atomic E-state index is -0.203. The molecule has 0 radical (unpaired) electrons. The van der Waals surface area contributed by atoms with Gasteiger partial charge >= 0.3 is 0 Å². The van der Waals surface area contributed by atoms with E-state index in [-0.39, 0.29) is 12.0 Å². The predicted octanol–water partition coefficient (Wildman–Crippen LogP) is 4.18. The van der Waals surface area contributed by atoms with Crippen LogP contribution in [-0.2, 0) is 4.79 Å². The Balaban J connectivity index is 1.45. The summed E-state index contributed by atoms with van der Waals surface area (Å²) in [5.41, 5.74) is 0.879. The van der Waals surface area contributed by atoms with Gasteiger partial charge in [-0.05, 0) is 43.7 Å². The second-order valence-electron chi connectivity index (χ2n) is 8.12. The maximum atomic E-state index is 12.8. The summed E-state index contributed by atoms with van der Waals surface area (Å²) in [6.45, 7) is 1.37. The molecule has 144 valence electrons. The first-order valence-corrected chi connectivity index (χ1v) is 10.4. The summed E-state index contributed by atoms with van der Waals surface area (Å²) in [6, 6.07) is 14.5. The molecule has 2 aromatic carbocycles. The predicted molar refractivity (Wildman–Crippen MR) is 110 cm³/mol. The molecule has 3 atom stereocenters. The summed E-state index contributed by atoms with van der Waals surface area (Å²) >= 11 is 0. The lowest BCUT2D eigenvalue weighted by Crippen LogP contribution is -2.51. The van der Waals surface area contributed by atoms with Crippen molar-refractivity contribution in [2.24, 2.45) is 5.92 Å². The number of likely N-dealkylation sites (tertiary alicyclic amines) is 1. The van der Waals surface area contributed by atoms with E-state index in [1.807, 2.05) is 30.3 Å². The molecule has 2 N–H and O–H groups in total. The number of piperidine rings is 1. The highest BCUT2D eigenvalue weighted by molar-refractivity contribution is 6.02. The minimum absolute atomic E-state index is 0.0450. The van der Waals surface area contributed by atoms with Gasteiger partial charge in [-0.2, -0.15) is 0 Å². The Kier molecular flexibility index (Phi) is 5.74. The summed E-state index contributed by atoms with van der Waals surface area (Å²) < 4.78 is 0. The highest BCUT2D eigenvalue weighted by Crippen LogP contribution is 2.34. The van der Waals surface area contributed by atoms with Gasteiger partial charge in [-0.3, -0.25) is 9.69 Å². The fraction of sp³-hybridized carbons (Fsp3) is 0.522. The van der Waals surface area contributed by atoms with E-state index in [1.165, 1.54) is 12.8 Å². The summed E-state index contributed by atoms with van der Waals surface area (Å²) in [5.74, 6) is 0.368. The number of amides is 1. The SMILES string of the molecule is O=C(CN1CCCC[C@@H]1[C@H]1CCCC[C@H]1O)Nc1cccc2ccccc12. The van der Waals surface area contributed by atoms with Crippen LogP contribution in [0.1, 0.15) is 44.9 Å². The number of rotatable bonds is 4. The lowest BCUT2D eigenvalue weighted by molar-refractivity contribution is -0.119. The van der Waals surface area contributed by atoms with Crippen molar-refractivity contribution in [1.82, 2.24) is 4.90 Å². The Morgan fingerprint density at radius 2 is 1.78 bits per heavy atom. The quantitative estimate of drug-likeness (QED) is 0.853. The lowest BCUT2D eigenvalue weighted by atomic mass is 9.78. The number of aliphatic hydroxyl groups is 1. The van der Waals surface area contributed by atoms with Gasteiger partial charge in [-0.15, -0.1) is 0 Å². The third-order valence-corrected chi connectivity index (χ3v) is 6.35. The van der Waals surface area contributed by atoms with E-state index in [9.17, 15) is 9.90 Å². The zero-order valence-corrected chi connectivity index (χ0v) is 15.9. The molecule has 1 aliphatic carbocycles. The van der Waals surface area contributed by atoms with Gasteiger partial charge < -0.3 is 10.4 Å². The molecule has 4 heteroatoms. The van der Waals surface area contributed by atoms with Crippen LogP contribution in [0, 0.1) is 5.92 Å². The van der Waals surface area contributed by atoms with Crippen LogP contribution in [0.3, 0.4) is 0 Å². The number of aliphatic hydroxyl groups excluding tert-OH is 1.